The number of benzene rings is 1. The van der Waals surface area contributed by atoms with Crippen molar-refractivity contribution >= 4 is 0 Å². The maximum Gasteiger partial charge on any atom is 0.119 e. The van der Waals surface area contributed by atoms with Gasteiger partial charge < -0.3 is 10.1 Å². The lowest BCUT2D eigenvalue weighted by Gasteiger charge is -2.25. The van der Waals surface area contributed by atoms with Crippen molar-refractivity contribution in [2.45, 2.75) is 45.1 Å². The number of hydrogen-bond acceptors (Lipinski definition) is 2. The summed E-state index contributed by atoms with van der Waals surface area (Å²) >= 11 is 0. The third kappa shape index (κ3) is 3.01. The number of rotatable bonds is 3. The number of ether oxygens (including phenoxy) is 1. The largest absolute Gasteiger partial charge is 0.497 e. The van der Waals surface area contributed by atoms with E-state index in [9.17, 15) is 0 Å². The first kappa shape index (κ1) is 12.4. The highest BCUT2D eigenvalue weighted by Crippen LogP contribution is 2.29. The van der Waals surface area contributed by atoms with Crippen LogP contribution in [0, 0.1) is 0 Å². The smallest absolute Gasteiger partial charge is 0.119 e. The van der Waals surface area contributed by atoms with Gasteiger partial charge in [0.15, 0.2) is 0 Å². The quantitative estimate of drug-likeness (QED) is 0.860. The molecule has 1 aliphatic heterocycles. The molecular formula is C15H23NO. The van der Waals surface area contributed by atoms with Crippen molar-refractivity contribution in [1.29, 1.82) is 0 Å². The van der Waals surface area contributed by atoms with Gasteiger partial charge in [-0.2, -0.15) is 0 Å². The molecule has 0 aromatic heterocycles. The molecule has 94 valence electrons. The van der Waals surface area contributed by atoms with Gasteiger partial charge in [-0.25, -0.2) is 0 Å². The monoisotopic (exact) mass is 233 g/mol. The molecule has 1 unspecified atom stereocenters. The Kier molecular flexibility index (Phi) is 4.06. The van der Waals surface area contributed by atoms with E-state index >= 15 is 0 Å². The van der Waals surface area contributed by atoms with Crippen LogP contribution in [0.1, 0.15) is 56.2 Å². The Hall–Kier alpha value is -1.02. The lowest BCUT2D eigenvalue weighted by molar-refractivity contribution is 0.399. The molecular weight excluding hydrogens is 210 g/mol. The van der Waals surface area contributed by atoms with Crippen molar-refractivity contribution in [3.05, 3.63) is 29.3 Å². The molecule has 2 rings (SSSR count). The van der Waals surface area contributed by atoms with Crippen LogP contribution in [-0.2, 0) is 0 Å². The Balaban J connectivity index is 2.28. The van der Waals surface area contributed by atoms with E-state index in [2.05, 4.69) is 37.4 Å². The van der Waals surface area contributed by atoms with Crippen LogP contribution in [0.15, 0.2) is 18.2 Å². The molecule has 0 amide bonds. The summed E-state index contributed by atoms with van der Waals surface area (Å²) in [6.45, 7) is 5.60. The second-order valence-corrected chi connectivity index (χ2v) is 5.20. The number of piperidine rings is 1. The predicted molar refractivity (Wildman–Crippen MR) is 71.7 cm³/mol. The van der Waals surface area contributed by atoms with Gasteiger partial charge in [0.2, 0.25) is 0 Å². The predicted octanol–water partition coefficient (Wildman–Crippen LogP) is 3.63. The van der Waals surface area contributed by atoms with Crippen molar-refractivity contribution in [1.82, 2.24) is 5.32 Å². The Labute approximate surface area is 104 Å². The number of methoxy groups -OCH3 is 1. The summed E-state index contributed by atoms with van der Waals surface area (Å²) in [7, 11) is 1.75. The molecule has 2 heteroatoms. The summed E-state index contributed by atoms with van der Waals surface area (Å²) in [6.07, 6.45) is 3.87. The van der Waals surface area contributed by atoms with Crippen LogP contribution in [-0.4, -0.2) is 13.7 Å². The first-order valence-corrected chi connectivity index (χ1v) is 6.63. The van der Waals surface area contributed by atoms with Gasteiger partial charge in [-0.15, -0.1) is 0 Å². The fourth-order valence-corrected chi connectivity index (χ4v) is 2.43. The van der Waals surface area contributed by atoms with Gasteiger partial charge >= 0.3 is 0 Å². The van der Waals surface area contributed by atoms with Gasteiger partial charge in [0.25, 0.3) is 0 Å². The molecule has 1 aliphatic rings. The summed E-state index contributed by atoms with van der Waals surface area (Å²) < 4.78 is 5.41. The molecule has 1 N–H and O–H groups in total. The Morgan fingerprint density at radius 3 is 2.65 bits per heavy atom. The molecule has 17 heavy (non-hydrogen) atoms. The van der Waals surface area contributed by atoms with Gasteiger partial charge in [0, 0.05) is 6.04 Å². The first-order valence-electron chi connectivity index (χ1n) is 6.63. The zero-order valence-electron chi connectivity index (χ0n) is 11.1. The summed E-state index contributed by atoms with van der Waals surface area (Å²) in [5.74, 6) is 1.53. The average molecular weight is 233 g/mol. The molecule has 0 spiro atoms. The SMILES string of the molecule is COc1cc(C(C)C)cc(C2CCCCN2)c1. The maximum atomic E-state index is 5.41. The highest BCUT2D eigenvalue weighted by atomic mass is 16.5. The first-order chi connectivity index (χ1) is 8.20. The Morgan fingerprint density at radius 1 is 1.24 bits per heavy atom. The lowest BCUT2D eigenvalue weighted by Crippen LogP contribution is -2.26. The van der Waals surface area contributed by atoms with E-state index in [4.69, 9.17) is 4.74 Å². The van der Waals surface area contributed by atoms with E-state index in [0.717, 1.165) is 12.3 Å². The minimum atomic E-state index is 0.511. The summed E-state index contributed by atoms with van der Waals surface area (Å²) in [4.78, 5) is 0. The molecule has 1 aromatic rings. The van der Waals surface area contributed by atoms with E-state index in [1.54, 1.807) is 7.11 Å². The van der Waals surface area contributed by atoms with Gasteiger partial charge in [-0.05, 0) is 48.6 Å². The van der Waals surface area contributed by atoms with E-state index in [0.29, 0.717) is 12.0 Å². The molecule has 0 bridgehead atoms. The van der Waals surface area contributed by atoms with Crippen molar-refractivity contribution in [2.24, 2.45) is 0 Å². The molecule has 1 saturated heterocycles. The topological polar surface area (TPSA) is 21.3 Å². The normalized spacial score (nSPS) is 20.6. The van der Waals surface area contributed by atoms with Gasteiger partial charge in [0.05, 0.1) is 7.11 Å². The molecule has 0 aliphatic carbocycles. The van der Waals surface area contributed by atoms with Crippen LogP contribution in [0.3, 0.4) is 0 Å². The van der Waals surface area contributed by atoms with E-state index in [1.807, 2.05) is 0 Å². The zero-order chi connectivity index (χ0) is 12.3. The number of hydrogen-bond donors (Lipinski definition) is 1. The highest BCUT2D eigenvalue weighted by molar-refractivity contribution is 5.37. The highest BCUT2D eigenvalue weighted by Gasteiger charge is 2.16. The van der Waals surface area contributed by atoms with Gasteiger partial charge in [0.1, 0.15) is 5.75 Å². The standard InChI is InChI=1S/C15H23NO/c1-11(2)12-8-13(10-14(9-12)17-3)15-6-4-5-7-16-15/h8-11,15-16H,4-7H2,1-3H3. The zero-order valence-corrected chi connectivity index (χ0v) is 11.1. The fourth-order valence-electron chi connectivity index (χ4n) is 2.43. The lowest BCUT2D eigenvalue weighted by atomic mass is 9.93. The second-order valence-electron chi connectivity index (χ2n) is 5.20. The molecule has 1 fully saturated rings. The van der Waals surface area contributed by atoms with Crippen LogP contribution in [0.2, 0.25) is 0 Å². The van der Waals surface area contributed by atoms with Crippen molar-refractivity contribution in [3.63, 3.8) is 0 Å². The van der Waals surface area contributed by atoms with Gasteiger partial charge in [-0.3, -0.25) is 0 Å². The van der Waals surface area contributed by atoms with Crippen LogP contribution in [0.5, 0.6) is 5.75 Å². The van der Waals surface area contributed by atoms with E-state index in [1.165, 1.54) is 30.4 Å². The van der Waals surface area contributed by atoms with Gasteiger partial charge in [-0.1, -0.05) is 26.3 Å². The van der Waals surface area contributed by atoms with Crippen molar-refractivity contribution < 1.29 is 4.74 Å². The average Bonchev–Trinajstić information content (AvgIpc) is 2.39. The molecule has 1 heterocycles. The molecule has 1 aromatic carbocycles. The number of nitrogens with one attached hydrogen (secondary N) is 1. The van der Waals surface area contributed by atoms with E-state index < -0.39 is 0 Å². The Morgan fingerprint density at radius 2 is 2.06 bits per heavy atom. The second kappa shape index (κ2) is 5.54. The minimum absolute atomic E-state index is 0.511. The molecule has 0 radical (unpaired) electrons. The molecule has 0 saturated carbocycles. The maximum absolute atomic E-state index is 5.41. The van der Waals surface area contributed by atoms with Crippen LogP contribution >= 0.6 is 0 Å². The van der Waals surface area contributed by atoms with Crippen LogP contribution in [0.4, 0.5) is 0 Å². The summed E-state index contributed by atoms with van der Waals surface area (Å²) in [5.41, 5.74) is 2.75. The van der Waals surface area contributed by atoms with Crippen molar-refractivity contribution in [3.8, 4) is 5.75 Å². The van der Waals surface area contributed by atoms with Crippen LogP contribution in [0.25, 0.3) is 0 Å². The van der Waals surface area contributed by atoms with Crippen LogP contribution < -0.4 is 10.1 Å². The summed E-state index contributed by atoms with van der Waals surface area (Å²) in [6, 6.07) is 7.17. The van der Waals surface area contributed by atoms with E-state index in [-0.39, 0.29) is 0 Å². The van der Waals surface area contributed by atoms with Crippen molar-refractivity contribution in [2.75, 3.05) is 13.7 Å². The summed E-state index contributed by atoms with van der Waals surface area (Å²) in [5, 5.41) is 3.60. The minimum Gasteiger partial charge on any atom is -0.497 e. The third-order valence-corrected chi connectivity index (χ3v) is 3.57. The fraction of sp³-hybridized carbons (Fsp3) is 0.600. The molecule has 1 atom stereocenters. The molecule has 2 nitrogen and oxygen atoms in total. The Bertz CT molecular complexity index is 367. The third-order valence-electron chi connectivity index (χ3n) is 3.57.